The van der Waals surface area contributed by atoms with Crippen molar-refractivity contribution >= 4 is 23.8 Å². The van der Waals surface area contributed by atoms with Gasteiger partial charge in [0, 0.05) is 23.5 Å². The molecule has 36 heavy (non-hydrogen) atoms. The number of carbonyl (C=O) groups excluding carboxylic acids is 4. The lowest BCUT2D eigenvalue weighted by Gasteiger charge is -2.20. The summed E-state index contributed by atoms with van der Waals surface area (Å²) in [6.45, 7) is 11.1. The molecule has 0 fully saturated rings. The summed E-state index contributed by atoms with van der Waals surface area (Å²) in [5, 5.41) is 5.42. The van der Waals surface area contributed by atoms with Crippen LogP contribution in [-0.2, 0) is 19.1 Å². The number of rotatable bonds is 11. The largest absolute Gasteiger partial charge is 0.464 e. The lowest BCUT2D eigenvalue weighted by molar-refractivity contribution is -0.147. The number of hydrogen-bond donors (Lipinski definition) is 2. The summed E-state index contributed by atoms with van der Waals surface area (Å²) in [6, 6.07) is 4.49. The Balaban J connectivity index is 2.24. The molecule has 0 aromatic carbocycles. The Morgan fingerprint density at radius 3 is 1.39 bits per heavy atom. The van der Waals surface area contributed by atoms with Crippen molar-refractivity contribution < 1.29 is 28.7 Å². The summed E-state index contributed by atoms with van der Waals surface area (Å²) in [4.78, 5) is 58.7. The van der Waals surface area contributed by atoms with Crippen LogP contribution in [0.15, 0.2) is 36.7 Å². The van der Waals surface area contributed by atoms with Crippen LogP contribution in [0.25, 0.3) is 11.4 Å². The standard InChI is InChI=1S/C26H34N4O6/c1-7-35-25(33)21(15(3)4)29-23(31)17-9-11-27-19(13-17)20-14-18(10-12-28-20)24(32)30-22(16(5)6)26(34)36-8-2/h9-16,21-22H,7-8H2,1-6H3,(H,29,31)(H,30,32)/t21-,22-/m0/s1. The number of nitrogens with zero attached hydrogens (tertiary/aromatic N) is 2. The number of hydrogen-bond acceptors (Lipinski definition) is 8. The predicted octanol–water partition coefficient (Wildman–Crippen LogP) is 2.78. The van der Waals surface area contributed by atoms with E-state index in [1.807, 2.05) is 27.7 Å². The first-order valence-corrected chi connectivity index (χ1v) is 12.0. The third kappa shape index (κ3) is 7.59. The Morgan fingerprint density at radius 1 is 0.722 bits per heavy atom. The molecule has 0 radical (unpaired) electrons. The second-order valence-corrected chi connectivity index (χ2v) is 8.75. The lowest BCUT2D eigenvalue weighted by Crippen LogP contribution is -2.45. The highest BCUT2D eigenvalue weighted by Crippen LogP contribution is 2.18. The minimum absolute atomic E-state index is 0.171. The first kappa shape index (κ1) is 28.4. The normalized spacial score (nSPS) is 12.6. The van der Waals surface area contributed by atoms with Crippen LogP contribution in [0.4, 0.5) is 0 Å². The van der Waals surface area contributed by atoms with Crippen LogP contribution in [0.5, 0.6) is 0 Å². The minimum Gasteiger partial charge on any atom is -0.464 e. The zero-order chi connectivity index (χ0) is 26.8. The van der Waals surface area contributed by atoms with Gasteiger partial charge < -0.3 is 20.1 Å². The van der Waals surface area contributed by atoms with Gasteiger partial charge in [0.2, 0.25) is 0 Å². The molecule has 0 saturated heterocycles. The van der Waals surface area contributed by atoms with E-state index in [4.69, 9.17) is 9.47 Å². The van der Waals surface area contributed by atoms with Crippen molar-refractivity contribution in [3.63, 3.8) is 0 Å². The van der Waals surface area contributed by atoms with Crippen molar-refractivity contribution in [2.24, 2.45) is 11.8 Å². The first-order chi connectivity index (χ1) is 17.1. The van der Waals surface area contributed by atoms with Crippen LogP contribution in [0.2, 0.25) is 0 Å². The average Bonchev–Trinajstić information content (AvgIpc) is 2.85. The third-order valence-corrected chi connectivity index (χ3v) is 5.29. The molecule has 0 spiro atoms. The Kier molecular flexibility index (Phi) is 10.5. The summed E-state index contributed by atoms with van der Waals surface area (Å²) in [5.41, 5.74) is 1.27. The highest BCUT2D eigenvalue weighted by Gasteiger charge is 2.27. The van der Waals surface area contributed by atoms with Crippen LogP contribution < -0.4 is 10.6 Å². The molecule has 2 N–H and O–H groups in total. The molecule has 2 rings (SSSR count). The number of carbonyl (C=O) groups is 4. The molecule has 0 aliphatic carbocycles. The molecule has 194 valence electrons. The molecule has 2 atom stereocenters. The van der Waals surface area contributed by atoms with E-state index in [-0.39, 0.29) is 36.2 Å². The second-order valence-electron chi connectivity index (χ2n) is 8.75. The quantitative estimate of drug-likeness (QED) is 0.451. The van der Waals surface area contributed by atoms with Crippen LogP contribution in [0, 0.1) is 11.8 Å². The van der Waals surface area contributed by atoms with Crippen molar-refractivity contribution in [3.05, 3.63) is 47.8 Å². The average molecular weight is 499 g/mol. The van der Waals surface area contributed by atoms with Crippen LogP contribution >= 0.6 is 0 Å². The fraction of sp³-hybridized carbons (Fsp3) is 0.462. The van der Waals surface area contributed by atoms with Crippen LogP contribution in [0.1, 0.15) is 62.3 Å². The molecule has 0 saturated carbocycles. The molecule has 10 heteroatoms. The van der Waals surface area contributed by atoms with Crippen molar-refractivity contribution in [2.45, 2.75) is 53.6 Å². The Labute approximate surface area is 211 Å². The van der Waals surface area contributed by atoms with Gasteiger partial charge in [-0.2, -0.15) is 0 Å². The third-order valence-electron chi connectivity index (χ3n) is 5.29. The second kappa shape index (κ2) is 13.3. The van der Waals surface area contributed by atoms with Gasteiger partial charge in [-0.25, -0.2) is 9.59 Å². The van der Waals surface area contributed by atoms with Crippen LogP contribution in [0.3, 0.4) is 0 Å². The number of esters is 2. The highest BCUT2D eigenvalue weighted by atomic mass is 16.5. The molecule has 2 amide bonds. The topological polar surface area (TPSA) is 137 Å². The molecule has 0 aliphatic rings. The lowest BCUT2D eigenvalue weighted by atomic mass is 10.0. The first-order valence-electron chi connectivity index (χ1n) is 12.0. The van der Waals surface area contributed by atoms with Gasteiger partial charge in [-0.1, -0.05) is 27.7 Å². The Hall–Kier alpha value is -3.82. The fourth-order valence-electron chi connectivity index (χ4n) is 3.33. The summed E-state index contributed by atoms with van der Waals surface area (Å²) in [6.07, 6.45) is 2.89. The molecule has 10 nitrogen and oxygen atoms in total. The molecule has 2 aromatic heterocycles. The van der Waals surface area contributed by atoms with Crippen molar-refractivity contribution in [1.82, 2.24) is 20.6 Å². The Morgan fingerprint density at radius 2 is 1.08 bits per heavy atom. The maximum Gasteiger partial charge on any atom is 0.328 e. The van der Waals surface area contributed by atoms with Crippen molar-refractivity contribution in [1.29, 1.82) is 0 Å². The monoisotopic (exact) mass is 498 g/mol. The predicted molar refractivity (Wildman–Crippen MR) is 133 cm³/mol. The molecular weight excluding hydrogens is 464 g/mol. The van der Waals surface area contributed by atoms with Gasteiger partial charge in [0.1, 0.15) is 12.1 Å². The molecule has 2 aromatic rings. The zero-order valence-electron chi connectivity index (χ0n) is 21.5. The smallest absolute Gasteiger partial charge is 0.328 e. The number of pyridine rings is 2. The van der Waals surface area contributed by atoms with E-state index < -0.39 is 35.8 Å². The minimum atomic E-state index is -0.799. The number of amides is 2. The number of ether oxygens (including phenoxy) is 2. The molecule has 0 aliphatic heterocycles. The summed E-state index contributed by atoms with van der Waals surface area (Å²) in [7, 11) is 0. The summed E-state index contributed by atoms with van der Waals surface area (Å²) >= 11 is 0. The maximum atomic E-state index is 12.9. The van der Waals surface area contributed by atoms with Gasteiger partial charge in [-0.15, -0.1) is 0 Å². The fourth-order valence-corrected chi connectivity index (χ4v) is 3.33. The van der Waals surface area contributed by atoms with Gasteiger partial charge in [0.05, 0.1) is 24.6 Å². The van der Waals surface area contributed by atoms with E-state index in [0.717, 1.165) is 0 Å². The summed E-state index contributed by atoms with van der Waals surface area (Å²) in [5.74, 6) is -2.27. The molecule has 0 bridgehead atoms. The molecular formula is C26H34N4O6. The number of nitrogens with one attached hydrogen (secondary N) is 2. The van der Waals surface area contributed by atoms with E-state index in [1.165, 1.54) is 36.7 Å². The van der Waals surface area contributed by atoms with Crippen molar-refractivity contribution in [3.8, 4) is 11.4 Å². The zero-order valence-corrected chi connectivity index (χ0v) is 21.5. The summed E-state index contributed by atoms with van der Waals surface area (Å²) < 4.78 is 10.1. The molecule has 0 unspecified atom stereocenters. The van der Waals surface area contributed by atoms with Gasteiger partial charge in [-0.3, -0.25) is 19.6 Å². The van der Waals surface area contributed by atoms with Crippen molar-refractivity contribution in [2.75, 3.05) is 13.2 Å². The van der Waals surface area contributed by atoms with E-state index in [2.05, 4.69) is 20.6 Å². The van der Waals surface area contributed by atoms with Gasteiger partial charge in [0.25, 0.3) is 11.8 Å². The van der Waals surface area contributed by atoms with E-state index in [9.17, 15) is 19.2 Å². The Bertz CT molecular complexity index is 1000. The van der Waals surface area contributed by atoms with E-state index in [0.29, 0.717) is 11.4 Å². The molecule has 2 heterocycles. The maximum absolute atomic E-state index is 12.9. The number of aromatic nitrogens is 2. The van der Waals surface area contributed by atoms with E-state index >= 15 is 0 Å². The van der Waals surface area contributed by atoms with E-state index in [1.54, 1.807) is 13.8 Å². The highest BCUT2D eigenvalue weighted by molar-refractivity contribution is 5.99. The van der Waals surface area contributed by atoms with Crippen LogP contribution in [-0.4, -0.2) is 59.0 Å². The van der Waals surface area contributed by atoms with Gasteiger partial charge in [0.15, 0.2) is 0 Å². The van der Waals surface area contributed by atoms with Gasteiger partial charge in [-0.05, 0) is 49.9 Å². The van der Waals surface area contributed by atoms with Gasteiger partial charge >= 0.3 is 11.9 Å². The SMILES string of the molecule is CCOC(=O)[C@@H](NC(=O)c1ccnc(-c2cc(C(=O)N[C@H](C(=O)OCC)C(C)C)ccn2)c1)C(C)C.